The van der Waals surface area contributed by atoms with Crippen LogP contribution in [0, 0.1) is 0 Å². The molecule has 116 valence electrons. The summed E-state index contributed by atoms with van der Waals surface area (Å²) in [6.45, 7) is 2.62. The van der Waals surface area contributed by atoms with Gasteiger partial charge in [-0.15, -0.1) is 0 Å². The minimum atomic E-state index is -0.307. The number of hydrogen-bond acceptors (Lipinski definition) is 3. The van der Waals surface area contributed by atoms with Gasteiger partial charge < -0.3 is 10.5 Å². The average molecular weight is 318 g/mol. The highest BCUT2D eigenvalue weighted by Gasteiger charge is 2.21. The number of esters is 1. The van der Waals surface area contributed by atoms with Gasteiger partial charge in [-0.05, 0) is 48.7 Å². The van der Waals surface area contributed by atoms with Gasteiger partial charge in [0.15, 0.2) is 0 Å². The van der Waals surface area contributed by atoms with Gasteiger partial charge in [0.1, 0.15) is 0 Å². The van der Waals surface area contributed by atoms with Crippen LogP contribution in [0.3, 0.4) is 0 Å². The summed E-state index contributed by atoms with van der Waals surface area (Å²) < 4.78 is 5.13. The molecule has 0 heterocycles. The van der Waals surface area contributed by atoms with E-state index < -0.39 is 0 Å². The van der Waals surface area contributed by atoms with Gasteiger partial charge in [0.05, 0.1) is 12.5 Å². The minimum Gasteiger partial charge on any atom is -0.466 e. The molecule has 0 aliphatic carbocycles. The van der Waals surface area contributed by atoms with Crippen molar-refractivity contribution in [2.24, 2.45) is 5.73 Å². The van der Waals surface area contributed by atoms with E-state index in [1.54, 1.807) is 6.92 Å². The molecule has 2 N–H and O–H groups in total. The molecule has 3 nitrogen and oxygen atoms in total. The zero-order valence-corrected chi connectivity index (χ0v) is 13.3. The Morgan fingerprint density at radius 3 is 2.50 bits per heavy atom. The zero-order valence-electron chi connectivity index (χ0n) is 12.6. The number of hydrogen-bond donors (Lipinski definition) is 1. The summed E-state index contributed by atoms with van der Waals surface area (Å²) in [6, 6.07) is 15.6. The van der Waals surface area contributed by atoms with Gasteiger partial charge in [-0.2, -0.15) is 0 Å². The van der Waals surface area contributed by atoms with Crippen LogP contribution in [0.1, 0.15) is 24.8 Å². The first-order valence-electron chi connectivity index (χ1n) is 7.38. The third-order valence-corrected chi connectivity index (χ3v) is 3.73. The second-order valence-corrected chi connectivity index (χ2v) is 5.45. The normalized spacial score (nSPS) is 12.0. The van der Waals surface area contributed by atoms with Crippen molar-refractivity contribution in [3.05, 3.63) is 59.1 Å². The fraction of sp³-hybridized carbons (Fsp3) is 0.278. The molecule has 1 atom stereocenters. The molecule has 2 aromatic rings. The quantitative estimate of drug-likeness (QED) is 0.819. The Morgan fingerprint density at radius 1 is 1.18 bits per heavy atom. The van der Waals surface area contributed by atoms with E-state index in [9.17, 15) is 4.79 Å². The third-order valence-electron chi connectivity index (χ3n) is 3.50. The van der Waals surface area contributed by atoms with Crippen LogP contribution in [-0.2, 0) is 9.53 Å². The number of rotatable bonds is 6. The van der Waals surface area contributed by atoms with Gasteiger partial charge in [0, 0.05) is 5.02 Å². The summed E-state index contributed by atoms with van der Waals surface area (Å²) >= 11 is 6.02. The summed E-state index contributed by atoms with van der Waals surface area (Å²) in [5.74, 6) is -0.526. The fourth-order valence-electron chi connectivity index (χ4n) is 2.41. The number of nitrogens with two attached hydrogens (primary N) is 1. The highest BCUT2D eigenvalue weighted by molar-refractivity contribution is 6.30. The summed E-state index contributed by atoms with van der Waals surface area (Å²) in [5, 5.41) is 0.703. The first-order chi connectivity index (χ1) is 10.7. The number of benzene rings is 2. The predicted octanol–water partition coefficient (Wildman–Crippen LogP) is 4.00. The molecular formula is C18H20ClNO2. The molecule has 0 aromatic heterocycles. The molecule has 0 amide bonds. The van der Waals surface area contributed by atoms with Gasteiger partial charge in [-0.3, -0.25) is 4.79 Å². The van der Waals surface area contributed by atoms with E-state index in [1.165, 1.54) is 0 Å². The summed E-state index contributed by atoms with van der Waals surface area (Å²) in [5.41, 5.74) is 8.65. The maximum absolute atomic E-state index is 12.0. The van der Waals surface area contributed by atoms with E-state index in [1.807, 2.05) is 48.5 Å². The molecule has 0 saturated carbocycles. The summed E-state index contributed by atoms with van der Waals surface area (Å²) in [7, 11) is 0. The van der Waals surface area contributed by atoms with Gasteiger partial charge in [-0.25, -0.2) is 0 Å². The van der Waals surface area contributed by atoms with Crippen molar-refractivity contribution in [2.75, 3.05) is 13.2 Å². The van der Waals surface area contributed by atoms with E-state index in [0.717, 1.165) is 16.7 Å². The highest BCUT2D eigenvalue weighted by atomic mass is 35.5. The Kier molecular flexibility index (Phi) is 5.99. The van der Waals surface area contributed by atoms with Gasteiger partial charge in [0.25, 0.3) is 0 Å². The molecule has 2 rings (SSSR count). The topological polar surface area (TPSA) is 52.3 Å². The molecule has 4 heteroatoms. The van der Waals surface area contributed by atoms with Crippen molar-refractivity contribution in [3.63, 3.8) is 0 Å². The number of carbonyl (C=O) groups excluding carboxylic acids is 1. The standard InChI is InChI=1S/C18H20ClNO2/c1-2-22-18(21)17(10-11-20)14-8-6-13(7-9-14)15-4-3-5-16(19)12-15/h3-9,12,17H,2,10-11,20H2,1H3. The van der Waals surface area contributed by atoms with Crippen LogP contribution < -0.4 is 5.73 Å². The zero-order chi connectivity index (χ0) is 15.9. The van der Waals surface area contributed by atoms with E-state index >= 15 is 0 Å². The molecule has 22 heavy (non-hydrogen) atoms. The molecule has 0 fully saturated rings. The molecule has 0 radical (unpaired) electrons. The second-order valence-electron chi connectivity index (χ2n) is 5.01. The third kappa shape index (κ3) is 4.09. The molecule has 0 saturated heterocycles. The predicted molar refractivity (Wildman–Crippen MR) is 89.9 cm³/mol. The van der Waals surface area contributed by atoms with Gasteiger partial charge in [-0.1, -0.05) is 48.0 Å². The van der Waals surface area contributed by atoms with Crippen LogP contribution in [0.15, 0.2) is 48.5 Å². The molecule has 0 aliphatic heterocycles. The minimum absolute atomic E-state index is 0.219. The summed E-state index contributed by atoms with van der Waals surface area (Å²) in [4.78, 5) is 12.0. The first-order valence-corrected chi connectivity index (χ1v) is 7.76. The van der Waals surface area contributed by atoms with Crippen LogP contribution in [0.2, 0.25) is 5.02 Å². The lowest BCUT2D eigenvalue weighted by atomic mass is 9.93. The number of ether oxygens (including phenoxy) is 1. The Labute approximate surface area is 136 Å². The van der Waals surface area contributed by atoms with Crippen molar-refractivity contribution in [1.29, 1.82) is 0 Å². The largest absolute Gasteiger partial charge is 0.466 e. The van der Waals surface area contributed by atoms with Crippen molar-refractivity contribution < 1.29 is 9.53 Å². The fourth-order valence-corrected chi connectivity index (χ4v) is 2.60. The number of carbonyl (C=O) groups is 1. The molecule has 0 aliphatic rings. The Hall–Kier alpha value is -1.84. The summed E-state index contributed by atoms with van der Waals surface area (Å²) in [6.07, 6.45) is 0.579. The first kappa shape index (κ1) is 16.5. The maximum atomic E-state index is 12.0. The molecule has 0 spiro atoms. The van der Waals surface area contributed by atoms with Gasteiger partial charge >= 0.3 is 5.97 Å². The van der Waals surface area contributed by atoms with E-state index in [0.29, 0.717) is 24.6 Å². The lowest BCUT2D eigenvalue weighted by Crippen LogP contribution is -2.19. The Balaban J connectivity index is 2.24. The lowest BCUT2D eigenvalue weighted by Gasteiger charge is -2.15. The SMILES string of the molecule is CCOC(=O)C(CCN)c1ccc(-c2cccc(Cl)c2)cc1. The van der Waals surface area contributed by atoms with Crippen LogP contribution >= 0.6 is 11.6 Å². The Morgan fingerprint density at radius 2 is 1.91 bits per heavy atom. The van der Waals surface area contributed by atoms with Gasteiger partial charge in [0.2, 0.25) is 0 Å². The molecule has 1 unspecified atom stereocenters. The van der Waals surface area contributed by atoms with Crippen LogP contribution in [0.5, 0.6) is 0 Å². The average Bonchev–Trinajstić information content (AvgIpc) is 2.53. The van der Waals surface area contributed by atoms with Crippen LogP contribution in [0.25, 0.3) is 11.1 Å². The number of halogens is 1. The monoisotopic (exact) mass is 317 g/mol. The van der Waals surface area contributed by atoms with E-state index in [-0.39, 0.29) is 11.9 Å². The van der Waals surface area contributed by atoms with Crippen molar-refractivity contribution >= 4 is 17.6 Å². The van der Waals surface area contributed by atoms with Crippen molar-refractivity contribution in [2.45, 2.75) is 19.3 Å². The maximum Gasteiger partial charge on any atom is 0.313 e. The van der Waals surface area contributed by atoms with E-state index in [4.69, 9.17) is 22.1 Å². The van der Waals surface area contributed by atoms with Crippen LogP contribution in [-0.4, -0.2) is 19.1 Å². The van der Waals surface area contributed by atoms with E-state index in [2.05, 4.69) is 0 Å². The molecular weight excluding hydrogens is 298 g/mol. The van der Waals surface area contributed by atoms with Crippen molar-refractivity contribution in [1.82, 2.24) is 0 Å². The second kappa shape index (κ2) is 7.97. The van der Waals surface area contributed by atoms with Crippen molar-refractivity contribution in [3.8, 4) is 11.1 Å². The van der Waals surface area contributed by atoms with Crippen LogP contribution in [0.4, 0.5) is 0 Å². The lowest BCUT2D eigenvalue weighted by molar-refractivity contribution is -0.145. The molecule has 2 aromatic carbocycles. The smallest absolute Gasteiger partial charge is 0.313 e. The molecule has 0 bridgehead atoms. The highest BCUT2D eigenvalue weighted by Crippen LogP contribution is 2.26. The Bertz CT molecular complexity index is 625.